The van der Waals surface area contributed by atoms with Crippen LogP contribution < -0.4 is 11.1 Å². The summed E-state index contributed by atoms with van der Waals surface area (Å²) in [6.45, 7) is 3.94. The van der Waals surface area contributed by atoms with E-state index in [-0.39, 0.29) is 18.6 Å². The second-order valence-corrected chi connectivity index (χ2v) is 6.69. The third-order valence-electron chi connectivity index (χ3n) is 4.84. The van der Waals surface area contributed by atoms with Crippen molar-refractivity contribution in [2.45, 2.75) is 31.5 Å². The van der Waals surface area contributed by atoms with Crippen LogP contribution in [0.1, 0.15) is 18.4 Å². The number of hydrogen-bond donors (Lipinski definition) is 2. The molecule has 3 N–H and O–H groups in total. The van der Waals surface area contributed by atoms with Crippen LogP contribution in [0.15, 0.2) is 30.3 Å². The molecule has 25 heavy (non-hydrogen) atoms. The minimum absolute atomic E-state index is 0.129. The van der Waals surface area contributed by atoms with E-state index in [4.69, 9.17) is 10.5 Å². The van der Waals surface area contributed by atoms with Crippen molar-refractivity contribution >= 4 is 11.9 Å². The molecule has 0 spiro atoms. The number of morpholine rings is 1. The maximum absolute atomic E-state index is 12.4. The Hall–Kier alpha value is -2.12. The van der Waals surface area contributed by atoms with Gasteiger partial charge in [-0.15, -0.1) is 0 Å². The molecule has 7 heteroatoms. The van der Waals surface area contributed by atoms with Crippen LogP contribution in [0.25, 0.3) is 0 Å². The Morgan fingerprint density at radius 1 is 1.16 bits per heavy atom. The van der Waals surface area contributed by atoms with E-state index in [9.17, 15) is 9.59 Å². The van der Waals surface area contributed by atoms with Crippen molar-refractivity contribution in [3.8, 4) is 0 Å². The van der Waals surface area contributed by atoms with Crippen LogP contribution in [0, 0.1) is 0 Å². The SMILES string of the molecule is NC(=O)C1CN(C(=O)NC2CCN(Cc3ccccc3)CC2)CCO1. The van der Waals surface area contributed by atoms with E-state index in [1.807, 2.05) is 6.07 Å². The number of benzene rings is 1. The topological polar surface area (TPSA) is 87.9 Å². The highest BCUT2D eigenvalue weighted by molar-refractivity contribution is 5.81. The average molecular weight is 346 g/mol. The van der Waals surface area contributed by atoms with Crippen LogP contribution in [-0.4, -0.2) is 66.7 Å². The molecule has 1 aromatic carbocycles. The highest BCUT2D eigenvalue weighted by atomic mass is 16.5. The smallest absolute Gasteiger partial charge is 0.317 e. The first-order valence-electron chi connectivity index (χ1n) is 8.84. The Kier molecular flexibility index (Phi) is 5.88. The minimum atomic E-state index is -0.702. The molecular formula is C18H26N4O3. The standard InChI is InChI=1S/C18H26N4O3/c19-17(23)16-13-22(10-11-25-16)18(24)20-15-6-8-21(9-7-15)12-14-4-2-1-3-5-14/h1-5,15-16H,6-13H2,(H2,19,23)(H,20,24). The highest BCUT2D eigenvalue weighted by Crippen LogP contribution is 2.14. The van der Waals surface area contributed by atoms with Crippen LogP contribution in [-0.2, 0) is 16.1 Å². The lowest BCUT2D eigenvalue weighted by Crippen LogP contribution is -2.55. The lowest BCUT2D eigenvalue weighted by Gasteiger charge is -2.35. The van der Waals surface area contributed by atoms with Crippen molar-refractivity contribution in [3.63, 3.8) is 0 Å². The van der Waals surface area contributed by atoms with Gasteiger partial charge < -0.3 is 20.7 Å². The Morgan fingerprint density at radius 3 is 2.56 bits per heavy atom. The molecular weight excluding hydrogens is 320 g/mol. The summed E-state index contributed by atoms with van der Waals surface area (Å²) in [5.41, 5.74) is 6.58. The summed E-state index contributed by atoms with van der Waals surface area (Å²) in [5, 5.41) is 3.09. The predicted octanol–water partition coefficient (Wildman–Crippen LogP) is 0.547. The Labute approximate surface area is 148 Å². The van der Waals surface area contributed by atoms with Crippen LogP contribution >= 0.6 is 0 Å². The number of hydrogen-bond acceptors (Lipinski definition) is 4. The molecule has 2 heterocycles. The van der Waals surface area contributed by atoms with E-state index in [0.29, 0.717) is 13.2 Å². The molecule has 136 valence electrons. The molecule has 2 aliphatic rings. The molecule has 0 saturated carbocycles. The number of likely N-dealkylation sites (tertiary alicyclic amines) is 1. The fourth-order valence-electron chi connectivity index (χ4n) is 3.35. The molecule has 2 saturated heterocycles. The summed E-state index contributed by atoms with van der Waals surface area (Å²) in [6.07, 6.45) is 1.16. The monoisotopic (exact) mass is 346 g/mol. The molecule has 0 aromatic heterocycles. The van der Waals surface area contributed by atoms with Gasteiger partial charge >= 0.3 is 6.03 Å². The summed E-state index contributed by atoms with van der Waals surface area (Å²) in [7, 11) is 0. The van der Waals surface area contributed by atoms with E-state index in [2.05, 4.69) is 34.5 Å². The van der Waals surface area contributed by atoms with E-state index < -0.39 is 12.0 Å². The van der Waals surface area contributed by atoms with Crippen molar-refractivity contribution in [3.05, 3.63) is 35.9 Å². The third kappa shape index (κ3) is 4.93. The van der Waals surface area contributed by atoms with Crippen LogP contribution in [0.2, 0.25) is 0 Å². The van der Waals surface area contributed by atoms with Crippen molar-refractivity contribution in [1.29, 1.82) is 0 Å². The first kappa shape index (κ1) is 17.7. The maximum Gasteiger partial charge on any atom is 0.317 e. The van der Waals surface area contributed by atoms with Gasteiger partial charge in [0.15, 0.2) is 6.10 Å². The number of carbonyl (C=O) groups excluding carboxylic acids is 2. The largest absolute Gasteiger partial charge is 0.367 e. The van der Waals surface area contributed by atoms with Gasteiger partial charge in [-0.05, 0) is 18.4 Å². The number of primary amides is 1. The predicted molar refractivity (Wildman–Crippen MR) is 93.8 cm³/mol. The molecule has 1 aromatic rings. The molecule has 0 radical (unpaired) electrons. The highest BCUT2D eigenvalue weighted by Gasteiger charge is 2.29. The first-order chi connectivity index (χ1) is 12.1. The van der Waals surface area contributed by atoms with Crippen molar-refractivity contribution in [1.82, 2.24) is 15.1 Å². The lowest BCUT2D eigenvalue weighted by molar-refractivity contribution is -0.133. The Morgan fingerprint density at radius 2 is 1.88 bits per heavy atom. The van der Waals surface area contributed by atoms with Crippen molar-refractivity contribution in [2.24, 2.45) is 5.73 Å². The average Bonchev–Trinajstić information content (AvgIpc) is 2.64. The molecule has 2 aliphatic heterocycles. The zero-order chi connectivity index (χ0) is 17.6. The zero-order valence-corrected chi connectivity index (χ0v) is 14.4. The summed E-state index contributed by atoms with van der Waals surface area (Å²) in [5.74, 6) is -0.522. The Bertz CT molecular complexity index is 587. The number of amides is 3. The number of rotatable bonds is 4. The van der Waals surface area contributed by atoms with Gasteiger partial charge in [-0.1, -0.05) is 30.3 Å². The molecule has 3 amide bonds. The number of nitrogens with zero attached hydrogens (tertiary/aromatic N) is 2. The summed E-state index contributed by atoms with van der Waals surface area (Å²) in [4.78, 5) is 27.7. The number of carbonyl (C=O) groups is 2. The molecule has 0 aliphatic carbocycles. The van der Waals surface area contributed by atoms with Crippen LogP contribution in [0.3, 0.4) is 0 Å². The lowest BCUT2D eigenvalue weighted by atomic mass is 10.0. The molecule has 0 bridgehead atoms. The van der Waals surface area contributed by atoms with Crippen LogP contribution in [0.4, 0.5) is 4.79 Å². The fraction of sp³-hybridized carbons (Fsp3) is 0.556. The number of ether oxygens (including phenoxy) is 1. The molecule has 1 atom stereocenters. The van der Waals surface area contributed by atoms with E-state index in [0.717, 1.165) is 32.5 Å². The summed E-state index contributed by atoms with van der Waals surface area (Å²) >= 11 is 0. The van der Waals surface area contributed by atoms with Gasteiger partial charge in [0.1, 0.15) is 0 Å². The van der Waals surface area contributed by atoms with E-state index in [1.165, 1.54) is 5.56 Å². The van der Waals surface area contributed by atoms with Gasteiger partial charge in [0.25, 0.3) is 0 Å². The zero-order valence-electron chi connectivity index (χ0n) is 14.4. The maximum atomic E-state index is 12.4. The molecule has 2 fully saturated rings. The Balaban J connectivity index is 1.42. The summed E-state index contributed by atoms with van der Waals surface area (Å²) in [6, 6.07) is 10.5. The van der Waals surface area contributed by atoms with Gasteiger partial charge in [0.2, 0.25) is 5.91 Å². The van der Waals surface area contributed by atoms with Gasteiger partial charge in [0, 0.05) is 32.2 Å². The molecule has 7 nitrogen and oxygen atoms in total. The van der Waals surface area contributed by atoms with E-state index >= 15 is 0 Å². The fourth-order valence-corrected chi connectivity index (χ4v) is 3.35. The molecule has 1 unspecified atom stereocenters. The number of piperidine rings is 1. The van der Waals surface area contributed by atoms with E-state index in [1.54, 1.807) is 4.90 Å². The third-order valence-corrected chi connectivity index (χ3v) is 4.84. The van der Waals surface area contributed by atoms with Crippen molar-refractivity contribution < 1.29 is 14.3 Å². The minimum Gasteiger partial charge on any atom is -0.367 e. The van der Waals surface area contributed by atoms with Crippen LogP contribution in [0.5, 0.6) is 0 Å². The first-order valence-corrected chi connectivity index (χ1v) is 8.84. The molecule has 3 rings (SSSR count). The second kappa shape index (κ2) is 8.31. The van der Waals surface area contributed by atoms with Gasteiger partial charge in [-0.2, -0.15) is 0 Å². The number of urea groups is 1. The van der Waals surface area contributed by atoms with Gasteiger partial charge in [-0.3, -0.25) is 9.69 Å². The van der Waals surface area contributed by atoms with Gasteiger partial charge in [-0.25, -0.2) is 4.79 Å². The number of nitrogens with two attached hydrogens (primary N) is 1. The van der Waals surface area contributed by atoms with Gasteiger partial charge in [0.05, 0.1) is 13.2 Å². The normalized spacial score (nSPS) is 22.6. The second-order valence-electron chi connectivity index (χ2n) is 6.69. The summed E-state index contributed by atoms with van der Waals surface area (Å²) < 4.78 is 5.28. The quantitative estimate of drug-likeness (QED) is 0.833. The van der Waals surface area contributed by atoms with Crippen molar-refractivity contribution in [2.75, 3.05) is 32.8 Å². The number of nitrogens with one attached hydrogen (secondary N) is 1.